The van der Waals surface area contributed by atoms with E-state index in [0.29, 0.717) is 5.65 Å². The maximum Gasteiger partial charge on any atom is 0.294 e. The van der Waals surface area contributed by atoms with Gasteiger partial charge in [0.2, 0.25) is 5.65 Å². The van der Waals surface area contributed by atoms with Crippen LogP contribution >= 0.6 is 0 Å². The summed E-state index contributed by atoms with van der Waals surface area (Å²) in [5, 5.41) is 7.48. The molecule has 2 aromatic heterocycles. The Morgan fingerprint density at radius 2 is 2.26 bits per heavy atom. The zero-order valence-electron chi connectivity index (χ0n) is 10.1. The van der Waals surface area contributed by atoms with E-state index in [0.717, 1.165) is 24.2 Å². The lowest BCUT2D eigenvalue weighted by Gasteiger charge is -2.04. The summed E-state index contributed by atoms with van der Waals surface area (Å²) >= 11 is 0. The lowest BCUT2D eigenvalue weighted by Crippen LogP contribution is -2.11. The molecule has 0 unspecified atom stereocenters. The van der Waals surface area contributed by atoms with E-state index in [1.165, 1.54) is 17.6 Å². The number of nitrogens with one attached hydrogen (secondary N) is 2. The molecule has 0 saturated heterocycles. The molecule has 0 radical (unpaired) electrons. The Morgan fingerprint density at radius 3 is 3.21 bits per heavy atom. The normalized spacial score (nSPS) is 13.5. The molecule has 0 amide bonds. The average Bonchev–Trinajstić information content (AvgIpc) is 3.04. The highest BCUT2D eigenvalue weighted by molar-refractivity contribution is 5.69. The van der Waals surface area contributed by atoms with Crippen LogP contribution in [0.25, 0.3) is 16.9 Å². The van der Waals surface area contributed by atoms with Crippen molar-refractivity contribution in [1.29, 1.82) is 0 Å². The predicted molar refractivity (Wildman–Crippen MR) is 71.2 cm³/mol. The van der Waals surface area contributed by atoms with E-state index in [1.807, 2.05) is 6.07 Å². The third-order valence-corrected chi connectivity index (χ3v) is 3.42. The SMILES string of the molecule is O=c1[nH]cnn2c(-c3ccc4c(c3)CCN4)cnc12. The van der Waals surface area contributed by atoms with Gasteiger partial charge >= 0.3 is 0 Å². The van der Waals surface area contributed by atoms with E-state index >= 15 is 0 Å². The second kappa shape index (κ2) is 3.68. The number of hydrogen-bond donors (Lipinski definition) is 2. The molecule has 0 bridgehead atoms. The van der Waals surface area contributed by atoms with Gasteiger partial charge in [-0.25, -0.2) is 9.50 Å². The summed E-state index contributed by atoms with van der Waals surface area (Å²) in [6.45, 7) is 0.976. The van der Waals surface area contributed by atoms with E-state index in [1.54, 1.807) is 10.7 Å². The highest BCUT2D eigenvalue weighted by Crippen LogP contribution is 2.28. The number of aromatic amines is 1. The summed E-state index contributed by atoms with van der Waals surface area (Å²) in [6, 6.07) is 6.20. The van der Waals surface area contributed by atoms with Crippen LogP contribution < -0.4 is 10.9 Å². The molecule has 94 valence electrons. The fraction of sp³-hybridized carbons (Fsp3) is 0.154. The van der Waals surface area contributed by atoms with Crippen molar-refractivity contribution in [3.8, 4) is 11.3 Å². The number of aromatic nitrogens is 4. The van der Waals surface area contributed by atoms with Gasteiger partial charge in [-0.1, -0.05) is 6.07 Å². The molecule has 1 aliphatic rings. The molecular weight excluding hydrogens is 242 g/mol. The molecule has 3 aromatic rings. The van der Waals surface area contributed by atoms with Crippen LogP contribution in [0.5, 0.6) is 0 Å². The fourth-order valence-electron chi connectivity index (χ4n) is 2.49. The Bertz CT molecular complexity index is 832. The number of H-pyrrole nitrogens is 1. The molecule has 0 atom stereocenters. The molecular formula is C13H11N5O. The minimum Gasteiger partial charge on any atom is -0.384 e. The van der Waals surface area contributed by atoms with E-state index in [4.69, 9.17) is 0 Å². The van der Waals surface area contributed by atoms with Crippen LogP contribution in [0.3, 0.4) is 0 Å². The quantitative estimate of drug-likeness (QED) is 0.679. The summed E-state index contributed by atoms with van der Waals surface area (Å²) in [4.78, 5) is 18.3. The minimum absolute atomic E-state index is 0.232. The Kier molecular flexibility index (Phi) is 2.00. The van der Waals surface area contributed by atoms with Crippen molar-refractivity contribution in [2.75, 3.05) is 11.9 Å². The summed E-state index contributed by atoms with van der Waals surface area (Å²) in [6.07, 6.45) is 4.09. The van der Waals surface area contributed by atoms with Crippen molar-refractivity contribution >= 4 is 11.3 Å². The van der Waals surface area contributed by atoms with E-state index in [-0.39, 0.29) is 5.56 Å². The predicted octanol–water partition coefficient (Wildman–Crippen LogP) is 1.05. The Labute approximate surface area is 108 Å². The van der Waals surface area contributed by atoms with Crippen LogP contribution in [0.4, 0.5) is 5.69 Å². The van der Waals surface area contributed by atoms with Crippen LogP contribution in [-0.2, 0) is 6.42 Å². The second-order valence-electron chi connectivity index (χ2n) is 4.55. The van der Waals surface area contributed by atoms with Crippen LogP contribution in [0.15, 0.2) is 35.5 Å². The molecule has 6 heteroatoms. The number of imidazole rings is 1. The molecule has 1 aromatic carbocycles. The van der Waals surface area contributed by atoms with Crippen molar-refractivity contribution in [3.05, 3.63) is 46.6 Å². The van der Waals surface area contributed by atoms with Gasteiger partial charge in [0.25, 0.3) is 5.56 Å². The van der Waals surface area contributed by atoms with Gasteiger partial charge in [-0.3, -0.25) is 4.79 Å². The molecule has 0 aliphatic carbocycles. The third kappa shape index (κ3) is 1.46. The zero-order valence-corrected chi connectivity index (χ0v) is 10.1. The molecule has 19 heavy (non-hydrogen) atoms. The lowest BCUT2D eigenvalue weighted by atomic mass is 10.1. The summed E-state index contributed by atoms with van der Waals surface area (Å²) < 4.78 is 1.57. The fourth-order valence-corrected chi connectivity index (χ4v) is 2.49. The summed E-state index contributed by atoms with van der Waals surface area (Å²) in [7, 11) is 0. The van der Waals surface area contributed by atoms with Crippen molar-refractivity contribution < 1.29 is 0 Å². The van der Waals surface area contributed by atoms with Crippen molar-refractivity contribution in [3.63, 3.8) is 0 Å². The van der Waals surface area contributed by atoms with Crippen LogP contribution in [0, 0.1) is 0 Å². The molecule has 0 spiro atoms. The molecule has 0 saturated carbocycles. The summed E-state index contributed by atoms with van der Waals surface area (Å²) in [5.41, 5.74) is 4.41. The van der Waals surface area contributed by atoms with Crippen LogP contribution in [0.1, 0.15) is 5.56 Å². The topological polar surface area (TPSA) is 75.1 Å². The highest BCUT2D eigenvalue weighted by atomic mass is 16.1. The van der Waals surface area contributed by atoms with Crippen LogP contribution in [0.2, 0.25) is 0 Å². The van der Waals surface area contributed by atoms with Crippen molar-refractivity contribution in [2.24, 2.45) is 0 Å². The maximum atomic E-state index is 11.6. The lowest BCUT2D eigenvalue weighted by molar-refractivity contribution is 0.888. The number of hydrogen-bond acceptors (Lipinski definition) is 4. The van der Waals surface area contributed by atoms with Crippen molar-refractivity contribution in [2.45, 2.75) is 6.42 Å². The third-order valence-electron chi connectivity index (χ3n) is 3.42. The Hall–Kier alpha value is -2.63. The van der Waals surface area contributed by atoms with Gasteiger partial charge in [-0.15, -0.1) is 0 Å². The molecule has 2 N–H and O–H groups in total. The van der Waals surface area contributed by atoms with Gasteiger partial charge in [0.1, 0.15) is 6.33 Å². The number of anilines is 1. The maximum absolute atomic E-state index is 11.6. The first kappa shape index (κ1) is 10.3. The minimum atomic E-state index is -0.232. The van der Waals surface area contributed by atoms with Crippen LogP contribution in [-0.4, -0.2) is 26.1 Å². The van der Waals surface area contributed by atoms with Gasteiger partial charge in [-0.05, 0) is 24.1 Å². The number of fused-ring (bicyclic) bond motifs is 2. The second-order valence-corrected chi connectivity index (χ2v) is 4.55. The average molecular weight is 253 g/mol. The molecule has 4 rings (SSSR count). The molecule has 3 heterocycles. The Morgan fingerprint density at radius 1 is 1.32 bits per heavy atom. The largest absolute Gasteiger partial charge is 0.384 e. The van der Waals surface area contributed by atoms with Gasteiger partial charge < -0.3 is 10.3 Å². The first-order chi connectivity index (χ1) is 9.33. The number of rotatable bonds is 1. The zero-order chi connectivity index (χ0) is 12.8. The molecule has 0 fully saturated rings. The van der Waals surface area contributed by atoms with Gasteiger partial charge in [0.05, 0.1) is 11.9 Å². The van der Waals surface area contributed by atoms with Gasteiger partial charge in [0.15, 0.2) is 0 Å². The standard InChI is InChI=1S/C13H11N5O/c19-13-12-15-6-11(18(12)17-7-16-13)9-1-2-10-8(5-9)3-4-14-10/h1-2,5-7,14H,3-4H2,(H,16,17,19). The monoisotopic (exact) mass is 253 g/mol. The molecule has 1 aliphatic heterocycles. The van der Waals surface area contributed by atoms with Gasteiger partial charge in [0, 0.05) is 17.8 Å². The Balaban J connectivity index is 1.95. The first-order valence-corrected chi connectivity index (χ1v) is 6.11. The summed E-state index contributed by atoms with van der Waals surface area (Å²) in [5.74, 6) is 0. The van der Waals surface area contributed by atoms with Crippen molar-refractivity contribution in [1.82, 2.24) is 19.6 Å². The van der Waals surface area contributed by atoms with Gasteiger partial charge in [-0.2, -0.15) is 5.10 Å². The van der Waals surface area contributed by atoms with E-state index in [9.17, 15) is 4.79 Å². The number of nitrogens with zero attached hydrogens (tertiary/aromatic N) is 3. The smallest absolute Gasteiger partial charge is 0.294 e. The molecule has 6 nitrogen and oxygen atoms in total. The highest BCUT2D eigenvalue weighted by Gasteiger charge is 2.14. The van der Waals surface area contributed by atoms with E-state index in [2.05, 4.69) is 32.5 Å². The first-order valence-electron chi connectivity index (χ1n) is 6.11. The number of benzene rings is 1. The van der Waals surface area contributed by atoms with E-state index < -0.39 is 0 Å².